The van der Waals surface area contributed by atoms with Gasteiger partial charge < -0.3 is 5.11 Å². The quantitative estimate of drug-likeness (QED) is 0.279. The highest BCUT2D eigenvalue weighted by Gasteiger charge is 2.35. The first-order valence-corrected chi connectivity index (χ1v) is 14.7. The van der Waals surface area contributed by atoms with Gasteiger partial charge in [-0.3, -0.25) is 4.79 Å². The van der Waals surface area contributed by atoms with Gasteiger partial charge in [0.2, 0.25) is 21.1 Å². The van der Waals surface area contributed by atoms with Crippen molar-refractivity contribution in [3.63, 3.8) is 0 Å². The molecule has 4 heteroatoms. The van der Waals surface area contributed by atoms with E-state index in [-0.39, 0.29) is 38.8 Å². The topological polar surface area (TPSA) is 40.1 Å². The minimum Gasteiger partial charge on any atom is -0.871 e. The average Bonchev–Trinajstić information content (AvgIpc) is 2.74. The van der Waals surface area contributed by atoms with Crippen molar-refractivity contribution < 1.29 is 9.90 Å². The molecule has 37 heavy (non-hydrogen) atoms. The molecule has 0 unspecified atom stereocenters. The zero-order valence-electron chi connectivity index (χ0n) is 25.0. The zero-order valence-corrected chi connectivity index (χ0v) is 26.7. The summed E-state index contributed by atoms with van der Waals surface area (Å²) in [7, 11) is 0. The van der Waals surface area contributed by atoms with Crippen molar-refractivity contribution in [1.82, 2.24) is 0 Å². The first kappa shape index (κ1) is 29.6. The Hall–Kier alpha value is -1.91. The summed E-state index contributed by atoms with van der Waals surface area (Å²) in [6, 6.07) is 4.32. The maximum Gasteiger partial charge on any atom is 0.219 e. The smallest absolute Gasteiger partial charge is 0.219 e. The molecule has 0 bridgehead atoms. The van der Waals surface area contributed by atoms with Crippen LogP contribution in [0.3, 0.4) is 0 Å². The maximum absolute atomic E-state index is 13.4. The maximum atomic E-state index is 13.4. The number of allylic oxidation sites excluding steroid dienone is 9. The Morgan fingerprint density at radius 3 is 1.57 bits per heavy atom. The molecule has 200 valence electrons. The van der Waals surface area contributed by atoms with E-state index < -0.39 is 0 Å². The van der Waals surface area contributed by atoms with E-state index in [0.717, 1.165) is 16.7 Å². The summed E-state index contributed by atoms with van der Waals surface area (Å²) in [5.74, 6) is -0.293. The Kier molecular flexibility index (Phi) is 7.76. The largest absolute Gasteiger partial charge is 0.871 e. The minimum atomic E-state index is -0.146. The number of carbonyl (C=O) groups excluding carboxylic acids is 1. The van der Waals surface area contributed by atoms with Crippen LogP contribution >= 0.6 is 23.1 Å². The van der Waals surface area contributed by atoms with Crippen molar-refractivity contribution in [2.75, 3.05) is 0 Å². The average molecular weight is 537 g/mol. The standard InChI is InChI=1S/C33H44O2S2/c1-19(21-17-25(32(8,9)10)37-26(18-21)33(11,12)13)27-28(34)22(29(27)35)14-20-15-23(30(2,3)4)36-24(16-20)31(5,6)7/h14-18H,1-13H3. The van der Waals surface area contributed by atoms with Gasteiger partial charge in [0.15, 0.2) is 5.78 Å². The molecule has 1 aliphatic carbocycles. The second kappa shape index (κ2) is 9.68. The highest BCUT2D eigenvalue weighted by atomic mass is 32.2. The summed E-state index contributed by atoms with van der Waals surface area (Å²) in [6.07, 6.45) is 6.06. The van der Waals surface area contributed by atoms with E-state index in [2.05, 4.69) is 107 Å². The van der Waals surface area contributed by atoms with Gasteiger partial charge in [-0.25, -0.2) is 0 Å². The van der Waals surface area contributed by atoms with Crippen LogP contribution in [0.25, 0.3) is 5.57 Å². The van der Waals surface area contributed by atoms with Crippen LogP contribution in [-0.4, -0.2) is 5.78 Å². The summed E-state index contributed by atoms with van der Waals surface area (Å²) in [6.45, 7) is 28.3. The number of ketones is 1. The predicted octanol–water partition coefficient (Wildman–Crippen LogP) is 9.13. The van der Waals surface area contributed by atoms with Gasteiger partial charge in [-0.2, -0.15) is 0 Å². The van der Waals surface area contributed by atoms with Gasteiger partial charge in [-0.05, 0) is 62.5 Å². The molecule has 2 heterocycles. The SMILES string of the molecule is CC(=C1C(=O)C(C=C2C=C(C(C)(C)C)SC(C(C)(C)C)=C2)=C1[O-])c1cc(C(C)(C)C)[s+]c(C(C)(C)C)c1. The lowest BCUT2D eigenvalue weighted by molar-refractivity contribution is -0.300. The minimum absolute atomic E-state index is 0.0156. The number of carbonyl (C=O) groups is 1. The normalized spacial score (nSPS) is 18.9. The van der Waals surface area contributed by atoms with Crippen molar-refractivity contribution in [3.8, 4) is 0 Å². The fourth-order valence-corrected chi connectivity index (χ4v) is 6.46. The number of hydrogen-bond acceptors (Lipinski definition) is 3. The third-order valence-corrected chi connectivity index (χ3v) is 10.4. The lowest BCUT2D eigenvalue weighted by Crippen LogP contribution is -2.30. The van der Waals surface area contributed by atoms with E-state index in [0.29, 0.717) is 5.57 Å². The molecule has 0 amide bonds. The fourth-order valence-electron chi connectivity index (χ4n) is 4.00. The molecule has 0 saturated carbocycles. The fraction of sp³-hybridized carbons (Fsp3) is 0.515. The summed E-state index contributed by atoms with van der Waals surface area (Å²) >= 11 is 3.62. The molecule has 0 fully saturated rings. The van der Waals surface area contributed by atoms with Gasteiger partial charge in [-0.15, -0.1) is 0 Å². The van der Waals surface area contributed by atoms with Crippen molar-refractivity contribution in [3.05, 3.63) is 78.0 Å². The summed E-state index contributed by atoms with van der Waals surface area (Å²) in [5, 5.41) is 13.4. The molecule has 1 aliphatic heterocycles. The lowest BCUT2D eigenvalue weighted by atomic mass is 9.81. The Labute approximate surface area is 233 Å². The molecule has 0 spiro atoms. The van der Waals surface area contributed by atoms with E-state index in [1.807, 2.05) is 18.3 Å². The van der Waals surface area contributed by atoms with E-state index in [4.69, 9.17) is 0 Å². The molecule has 0 atom stereocenters. The molecule has 1 aromatic heterocycles. The van der Waals surface area contributed by atoms with Crippen molar-refractivity contribution in [1.29, 1.82) is 0 Å². The third kappa shape index (κ3) is 6.40. The van der Waals surface area contributed by atoms with Crippen LogP contribution in [0.5, 0.6) is 0 Å². The molecule has 2 nitrogen and oxygen atoms in total. The summed E-state index contributed by atoms with van der Waals surface area (Å²) < 4.78 is 0. The molecule has 0 saturated heterocycles. The van der Waals surface area contributed by atoms with Crippen molar-refractivity contribution >= 4 is 34.5 Å². The molecule has 1 aromatic rings. The summed E-state index contributed by atoms with van der Waals surface area (Å²) in [4.78, 5) is 18.4. The third-order valence-electron chi connectivity index (χ3n) is 6.63. The summed E-state index contributed by atoms with van der Waals surface area (Å²) in [5.41, 5.74) is 3.21. The van der Waals surface area contributed by atoms with Crippen LogP contribution in [0.1, 0.15) is 105 Å². The Balaban J connectivity index is 2.14. The van der Waals surface area contributed by atoms with Gasteiger partial charge in [0.05, 0.1) is 0 Å². The van der Waals surface area contributed by atoms with Crippen LogP contribution in [0.15, 0.2) is 62.6 Å². The molecule has 0 radical (unpaired) electrons. The van der Waals surface area contributed by atoms with Crippen LogP contribution in [0.4, 0.5) is 0 Å². The van der Waals surface area contributed by atoms with Crippen LogP contribution in [0.2, 0.25) is 0 Å². The highest BCUT2D eigenvalue weighted by molar-refractivity contribution is 8.06. The van der Waals surface area contributed by atoms with Crippen molar-refractivity contribution in [2.45, 2.75) is 101 Å². The highest BCUT2D eigenvalue weighted by Crippen LogP contribution is 2.49. The van der Waals surface area contributed by atoms with E-state index in [1.165, 1.54) is 19.6 Å². The lowest BCUT2D eigenvalue weighted by Gasteiger charge is -2.33. The Morgan fingerprint density at radius 1 is 0.784 bits per heavy atom. The van der Waals surface area contributed by atoms with Crippen LogP contribution in [0, 0.1) is 10.8 Å². The molecular weight excluding hydrogens is 492 g/mol. The van der Waals surface area contributed by atoms with Gasteiger partial charge in [0.1, 0.15) is 0 Å². The number of Topliss-reactive ketones (excluding diaryl/α,β-unsaturated/α-hetero) is 1. The van der Waals surface area contributed by atoms with Gasteiger partial charge in [0.25, 0.3) is 0 Å². The van der Waals surface area contributed by atoms with E-state index in [9.17, 15) is 9.90 Å². The predicted molar refractivity (Wildman–Crippen MR) is 162 cm³/mol. The molecule has 3 rings (SSSR count). The second-order valence-electron chi connectivity index (χ2n) is 14.4. The number of hydrogen-bond donors (Lipinski definition) is 0. The first-order valence-electron chi connectivity index (χ1n) is 13.1. The van der Waals surface area contributed by atoms with Crippen molar-refractivity contribution in [2.24, 2.45) is 10.8 Å². The van der Waals surface area contributed by atoms with Gasteiger partial charge in [0, 0.05) is 34.1 Å². The van der Waals surface area contributed by atoms with Gasteiger partial charge in [-0.1, -0.05) is 101 Å². The number of rotatable bonds is 2. The van der Waals surface area contributed by atoms with Crippen LogP contribution in [-0.2, 0) is 15.6 Å². The van der Waals surface area contributed by atoms with E-state index in [1.54, 1.807) is 17.8 Å². The second-order valence-corrected chi connectivity index (χ2v) is 16.6. The van der Waals surface area contributed by atoms with Gasteiger partial charge >= 0.3 is 0 Å². The molecule has 0 N–H and O–H groups in total. The molecular formula is C33H44O2S2. The van der Waals surface area contributed by atoms with E-state index >= 15 is 0 Å². The molecule has 2 aliphatic rings. The van der Waals surface area contributed by atoms with Crippen LogP contribution < -0.4 is 5.11 Å². The Morgan fingerprint density at radius 2 is 1.22 bits per heavy atom. The zero-order chi connectivity index (χ0) is 28.3. The monoisotopic (exact) mass is 536 g/mol. The Bertz CT molecular complexity index is 1220. The number of thioether (sulfide) groups is 1. The first-order chi connectivity index (χ1) is 16.6. The molecule has 0 aromatic carbocycles.